The van der Waals surface area contributed by atoms with Gasteiger partial charge >= 0.3 is 12.8 Å². The number of ether oxygens (including phenoxy) is 1. The molecule has 0 aromatic carbocycles. The van der Waals surface area contributed by atoms with Crippen LogP contribution in [0.5, 0.6) is 5.75 Å². The van der Waals surface area contributed by atoms with Gasteiger partial charge in [-0.3, -0.25) is 4.57 Å². The Morgan fingerprint density at radius 1 is 1.22 bits per heavy atom. The lowest BCUT2D eigenvalue weighted by molar-refractivity contribution is -0.135. The normalized spacial score (nSPS) is 12.0. The van der Waals surface area contributed by atoms with Crippen LogP contribution in [0.25, 0.3) is 5.82 Å². The molecule has 150 valence electrons. The van der Waals surface area contributed by atoms with Crippen LogP contribution in [0.15, 0.2) is 12.3 Å². The number of hydrogen-bond acceptors (Lipinski definition) is 3. The fourth-order valence-corrected chi connectivity index (χ4v) is 2.98. The number of alkyl halides is 5. The van der Waals surface area contributed by atoms with E-state index < -0.39 is 19.2 Å². The third-order valence-electron chi connectivity index (χ3n) is 3.85. The Hall–Kier alpha value is -1.90. The van der Waals surface area contributed by atoms with Gasteiger partial charge in [0.1, 0.15) is 11.0 Å². The summed E-state index contributed by atoms with van der Waals surface area (Å²) in [4.78, 5) is 8.50. The minimum Gasteiger partial charge on any atom is -0.431 e. The van der Waals surface area contributed by atoms with Gasteiger partial charge < -0.3 is 4.74 Å². The van der Waals surface area contributed by atoms with E-state index in [9.17, 15) is 22.0 Å². The largest absolute Gasteiger partial charge is 0.431 e. The molecule has 0 N–H and O–H groups in total. The quantitative estimate of drug-likeness (QED) is 0.536. The fourth-order valence-electron chi connectivity index (χ4n) is 2.63. The smallest absolute Gasteiger partial charge is 0.389 e. The second kappa shape index (κ2) is 8.86. The topological polar surface area (TPSA) is 39.9 Å². The van der Waals surface area contributed by atoms with Crippen LogP contribution in [-0.2, 0) is 19.3 Å². The van der Waals surface area contributed by atoms with Gasteiger partial charge in [-0.25, -0.2) is 9.97 Å². The van der Waals surface area contributed by atoms with Crippen LogP contribution in [0, 0.1) is 0 Å². The first-order chi connectivity index (χ1) is 12.7. The van der Waals surface area contributed by atoms with Crippen molar-refractivity contribution in [1.29, 1.82) is 0 Å². The highest BCUT2D eigenvalue weighted by Gasteiger charge is 2.26. The maximum atomic E-state index is 12.9. The molecule has 2 aromatic rings. The molecule has 0 atom stereocenters. The number of nitrogens with zero attached hydrogens (tertiary/aromatic N) is 3. The highest BCUT2D eigenvalue weighted by Crippen LogP contribution is 2.31. The van der Waals surface area contributed by atoms with Gasteiger partial charge in [0.15, 0.2) is 11.6 Å². The van der Waals surface area contributed by atoms with E-state index in [1.807, 2.05) is 13.8 Å². The van der Waals surface area contributed by atoms with Gasteiger partial charge in [-0.1, -0.05) is 25.4 Å². The molecular weight excluding hydrogens is 393 g/mol. The van der Waals surface area contributed by atoms with E-state index in [1.165, 1.54) is 16.8 Å². The Morgan fingerprint density at radius 2 is 1.93 bits per heavy atom. The highest BCUT2D eigenvalue weighted by atomic mass is 35.5. The molecule has 10 heteroatoms. The maximum Gasteiger partial charge on any atom is 0.389 e. The van der Waals surface area contributed by atoms with Crippen molar-refractivity contribution in [2.75, 3.05) is 0 Å². The van der Waals surface area contributed by atoms with E-state index >= 15 is 0 Å². The average molecular weight is 412 g/mol. The summed E-state index contributed by atoms with van der Waals surface area (Å²) >= 11 is 6.32. The SMILES string of the molecule is CCc1nc(CC)n(-c2ncc(CCCC(F)(F)F)cc2OC(F)F)c1Cl. The van der Waals surface area contributed by atoms with Gasteiger partial charge in [-0.2, -0.15) is 22.0 Å². The molecule has 0 amide bonds. The summed E-state index contributed by atoms with van der Waals surface area (Å²) < 4.78 is 68.6. The third-order valence-corrected chi connectivity index (χ3v) is 4.24. The van der Waals surface area contributed by atoms with E-state index in [-0.39, 0.29) is 29.6 Å². The molecule has 0 fully saturated rings. The molecule has 0 saturated carbocycles. The number of halogens is 6. The Balaban J connectivity index is 2.40. The van der Waals surface area contributed by atoms with E-state index in [0.29, 0.717) is 29.9 Å². The lowest BCUT2D eigenvalue weighted by Crippen LogP contribution is -2.11. The Bertz CT molecular complexity index is 777. The van der Waals surface area contributed by atoms with Crippen LogP contribution in [0.2, 0.25) is 5.15 Å². The van der Waals surface area contributed by atoms with Crippen molar-refractivity contribution < 1.29 is 26.7 Å². The van der Waals surface area contributed by atoms with Crippen LogP contribution in [0.4, 0.5) is 22.0 Å². The van der Waals surface area contributed by atoms with Crippen molar-refractivity contribution in [3.05, 3.63) is 34.5 Å². The predicted molar refractivity (Wildman–Crippen MR) is 90.8 cm³/mol. The molecule has 2 aromatic heterocycles. The summed E-state index contributed by atoms with van der Waals surface area (Å²) in [5, 5.41) is 0.241. The monoisotopic (exact) mass is 411 g/mol. The number of pyridine rings is 1. The summed E-state index contributed by atoms with van der Waals surface area (Å²) in [6.07, 6.45) is -3.02. The number of imidazole rings is 1. The van der Waals surface area contributed by atoms with Crippen LogP contribution in [0.1, 0.15) is 43.8 Å². The molecule has 2 rings (SSSR count). The molecule has 0 spiro atoms. The summed E-state index contributed by atoms with van der Waals surface area (Å²) in [6, 6.07) is 1.27. The number of hydrogen-bond donors (Lipinski definition) is 0. The molecule has 0 aliphatic carbocycles. The highest BCUT2D eigenvalue weighted by molar-refractivity contribution is 6.30. The predicted octanol–water partition coefficient (Wildman–Crippen LogP) is 5.53. The molecule has 0 unspecified atom stereocenters. The number of aromatic nitrogens is 3. The molecule has 2 heterocycles. The maximum absolute atomic E-state index is 12.9. The van der Waals surface area contributed by atoms with Gasteiger partial charge in [0.05, 0.1) is 5.69 Å². The first-order valence-electron chi connectivity index (χ1n) is 8.43. The van der Waals surface area contributed by atoms with Crippen molar-refractivity contribution >= 4 is 11.6 Å². The van der Waals surface area contributed by atoms with Crippen molar-refractivity contribution in [3.63, 3.8) is 0 Å². The zero-order valence-corrected chi connectivity index (χ0v) is 15.5. The van der Waals surface area contributed by atoms with Gasteiger partial charge in [0, 0.05) is 19.0 Å². The first kappa shape index (κ1) is 21.4. The molecule has 4 nitrogen and oxygen atoms in total. The van der Waals surface area contributed by atoms with E-state index in [4.69, 9.17) is 11.6 Å². The second-order valence-corrected chi connectivity index (χ2v) is 6.18. The fraction of sp³-hybridized carbons (Fsp3) is 0.529. The van der Waals surface area contributed by atoms with Crippen LogP contribution in [0.3, 0.4) is 0 Å². The lowest BCUT2D eigenvalue weighted by Gasteiger charge is -2.15. The number of aryl methyl sites for hydroxylation is 3. The third kappa shape index (κ3) is 5.54. The molecular formula is C17H19ClF5N3O. The minimum atomic E-state index is -4.27. The van der Waals surface area contributed by atoms with Gasteiger partial charge in [0.25, 0.3) is 0 Å². The zero-order chi connectivity index (χ0) is 20.2. The molecule has 27 heavy (non-hydrogen) atoms. The molecule has 0 radical (unpaired) electrons. The zero-order valence-electron chi connectivity index (χ0n) is 14.8. The molecule has 0 aliphatic heterocycles. The molecule has 0 saturated heterocycles. The average Bonchev–Trinajstić information content (AvgIpc) is 2.89. The first-order valence-corrected chi connectivity index (χ1v) is 8.80. The standard InChI is InChI=1S/C17H19ClF5N3O/c1-3-11-14(18)26(13(4-2)25-11)15-12(27-16(19)20)8-10(9-24-15)6-5-7-17(21,22)23/h8-9,16H,3-7H2,1-2H3. The minimum absolute atomic E-state index is 0.0314. The van der Waals surface area contributed by atoms with Crippen LogP contribution >= 0.6 is 11.6 Å². The molecule has 0 aliphatic rings. The Morgan fingerprint density at radius 3 is 2.48 bits per heavy atom. The van der Waals surface area contributed by atoms with Crippen molar-refractivity contribution in [2.24, 2.45) is 0 Å². The Labute approximate surface area is 158 Å². The lowest BCUT2D eigenvalue weighted by atomic mass is 10.1. The summed E-state index contributed by atoms with van der Waals surface area (Å²) in [6.45, 7) is 0.563. The number of rotatable bonds is 8. The summed E-state index contributed by atoms with van der Waals surface area (Å²) in [7, 11) is 0. The van der Waals surface area contributed by atoms with Crippen molar-refractivity contribution in [1.82, 2.24) is 14.5 Å². The summed E-state index contributed by atoms with van der Waals surface area (Å²) in [5.41, 5.74) is 0.955. The summed E-state index contributed by atoms with van der Waals surface area (Å²) in [5.74, 6) is 0.295. The van der Waals surface area contributed by atoms with E-state index in [1.54, 1.807) is 0 Å². The van der Waals surface area contributed by atoms with Gasteiger partial charge in [-0.05, 0) is 30.9 Å². The second-order valence-electron chi connectivity index (χ2n) is 5.82. The van der Waals surface area contributed by atoms with Gasteiger partial charge in [0.2, 0.25) is 0 Å². The van der Waals surface area contributed by atoms with Gasteiger partial charge in [-0.15, -0.1) is 0 Å². The van der Waals surface area contributed by atoms with Crippen molar-refractivity contribution in [2.45, 2.75) is 58.7 Å². The van der Waals surface area contributed by atoms with E-state index in [2.05, 4.69) is 14.7 Å². The van der Waals surface area contributed by atoms with E-state index in [0.717, 1.165) is 0 Å². The van der Waals surface area contributed by atoms with Crippen molar-refractivity contribution in [3.8, 4) is 11.6 Å². The molecule has 0 bridgehead atoms. The Kier molecular flexibility index (Phi) is 7.02. The van der Waals surface area contributed by atoms with Crippen LogP contribution < -0.4 is 4.74 Å². The van der Waals surface area contributed by atoms with Crippen LogP contribution in [-0.4, -0.2) is 27.3 Å².